The molecule has 2 heterocycles. The SMILES string of the molecule is COc1ccc(C(Sn2cc(NC(=O)[C@@H](COCc3ccccc3)NC(=O)C(C)(C)N)cn2)C(=O)N2CCCC2)cc1. The number of methoxy groups -OCH3 is 1. The Hall–Kier alpha value is -3.87. The average molecular weight is 595 g/mol. The van der Waals surface area contributed by atoms with E-state index in [-0.39, 0.29) is 19.1 Å². The van der Waals surface area contributed by atoms with Gasteiger partial charge in [-0.05, 0) is 61.9 Å². The first-order chi connectivity index (χ1) is 20.1. The maximum atomic E-state index is 13.5. The molecule has 0 saturated carbocycles. The molecule has 11 nitrogen and oxygen atoms in total. The number of ether oxygens (including phenoxy) is 2. The Kier molecular flexibility index (Phi) is 10.6. The predicted octanol–water partition coefficient (Wildman–Crippen LogP) is 3.13. The molecule has 2 aromatic carbocycles. The van der Waals surface area contributed by atoms with Crippen molar-refractivity contribution in [1.29, 1.82) is 0 Å². The lowest BCUT2D eigenvalue weighted by molar-refractivity contribution is -0.130. The molecule has 1 saturated heterocycles. The molecule has 1 aliphatic heterocycles. The number of rotatable bonds is 13. The van der Waals surface area contributed by atoms with Crippen LogP contribution in [0, 0.1) is 0 Å². The van der Waals surface area contributed by atoms with Gasteiger partial charge in [-0.25, -0.2) is 4.09 Å². The van der Waals surface area contributed by atoms with Crippen LogP contribution in [-0.2, 0) is 25.7 Å². The molecule has 4 N–H and O–H groups in total. The monoisotopic (exact) mass is 594 g/mol. The van der Waals surface area contributed by atoms with Gasteiger partial charge in [0.05, 0.1) is 43.9 Å². The third-order valence-electron chi connectivity index (χ3n) is 6.70. The van der Waals surface area contributed by atoms with E-state index in [0.717, 1.165) is 37.1 Å². The van der Waals surface area contributed by atoms with E-state index in [0.29, 0.717) is 11.4 Å². The quantitative estimate of drug-likeness (QED) is 0.274. The highest BCUT2D eigenvalue weighted by Gasteiger charge is 2.31. The molecule has 3 aromatic rings. The normalized spacial score (nSPS) is 14.7. The largest absolute Gasteiger partial charge is 0.497 e. The van der Waals surface area contributed by atoms with Crippen LogP contribution in [0.1, 0.15) is 43.1 Å². The molecule has 0 spiro atoms. The summed E-state index contributed by atoms with van der Waals surface area (Å²) in [6.07, 6.45) is 5.09. The number of aromatic nitrogens is 2. The van der Waals surface area contributed by atoms with E-state index in [2.05, 4.69) is 15.7 Å². The summed E-state index contributed by atoms with van der Waals surface area (Å²) in [6.45, 7) is 4.79. The fourth-order valence-corrected chi connectivity index (χ4v) is 5.30. The third kappa shape index (κ3) is 8.57. The maximum Gasteiger partial charge on any atom is 0.249 e. The zero-order chi connectivity index (χ0) is 30.1. The summed E-state index contributed by atoms with van der Waals surface area (Å²) >= 11 is 1.24. The number of likely N-dealkylation sites (tertiary alicyclic amines) is 1. The number of anilines is 1. The van der Waals surface area contributed by atoms with Crippen molar-refractivity contribution in [3.05, 3.63) is 78.1 Å². The number of nitrogens with two attached hydrogens (primary N) is 1. The zero-order valence-electron chi connectivity index (χ0n) is 24.1. The van der Waals surface area contributed by atoms with Crippen LogP contribution < -0.4 is 21.1 Å². The first-order valence-corrected chi connectivity index (χ1v) is 14.6. The minimum absolute atomic E-state index is 0.00601. The van der Waals surface area contributed by atoms with Crippen molar-refractivity contribution >= 4 is 35.4 Å². The average Bonchev–Trinajstić information content (AvgIpc) is 3.68. The van der Waals surface area contributed by atoms with Crippen LogP contribution in [-0.4, -0.2) is 70.2 Å². The second kappa shape index (κ2) is 14.3. The number of amides is 3. The first kappa shape index (κ1) is 31.1. The van der Waals surface area contributed by atoms with Gasteiger partial charge in [0.15, 0.2) is 0 Å². The lowest BCUT2D eigenvalue weighted by atomic mass is 10.1. The molecule has 0 aliphatic carbocycles. The van der Waals surface area contributed by atoms with E-state index < -0.39 is 28.6 Å². The number of nitrogens with zero attached hydrogens (tertiary/aromatic N) is 3. The van der Waals surface area contributed by atoms with E-state index in [1.54, 1.807) is 31.2 Å². The molecule has 224 valence electrons. The number of nitrogens with one attached hydrogen (secondary N) is 2. The smallest absolute Gasteiger partial charge is 0.249 e. The number of carbonyl (C=O) groups is 3. The Morgan fingerprint density at radius 2 is 1.76 bits per heavy atom. The Morgan fingerprint density at radius 3 is 2.40 bits per heavy atom. The van der Waals surface area contributed by atoms with Crippen LogP contribution in [0.15, 0.2) is 67.0 Å². The van der Waals surface area contributed by atoms with Gasteiger partial charge in [-0.15, -0.1) is 0 Å². The third-order valence-corrected chi connectivity index (χ3v) is 7.81. The van der Waals surface area contributed by atoms with Gasteiger partial charge in [0, 0.05) is 13.1 Å². The summed E-state index contributed by atoms with van der Waals surface area (Å²) in [5, 5.41) is 9.31. The van der Waals surface area contributed by atoms with Crippen molar-refractivity contribution in [3.8, 4) is 5.75 Å². The molecular formula is C30H38N6O5S. The Bertz CT molecular complexity index is 1340. The first-order valence-electron chi connectivity index (χ1n) is 13.8. The standard InChI is InChI=1S/C30H38N6O5S/c1-30(2,31)29(39)34-25(20-41-19-21-9-5-4-6-10-21)27(37)33-23-17-32-36(18-23)42-26(28(38)35-15-7-8-16-35)22-11-13-24(40-3)14-12-22/h4-6,9-14,17-18,25-26H,7-8,15-16,19-20,31H2,1-3H3,(H,33,37)(H,34,39)/t25-,26?/m1/s1. The highest BCUT2D eigenvalue weighted by Crippen LogP contribution is 2.34. The molecule has 0 radical (unpaired) electrons. The Balaban J connectivity index is 1.45. The van der Waals surface area contributed by atoms with Crippen molar-refractivity contribution in [2.75, 3.05) is 32.1 Å². The fraction of sp³-hybridized carbons (Fsp3) is 0.400. The molecule has 2 atom stereocenters. The fourth-order valence-electron chi connectivity index (χ4n) is 4.29. The van der Waals surface area contributed by atoms with Gasteiger partial charge in [0.2, 0.25) is 17.7 Å². The maximum absolute atomic E-state index is 13.5. The number of benzene rings is 2. The van der Waals surface area contributed by atoms with Gasteiger partial charge in [0.25, 0.3) is 0 Å². The summed E-state index contributed by atoms with van der Waals surface area (Å²) in [4.78, 5) is 41.2. The van der Waals surface area contributed by atoms with Crippen LogP contribution in [0.3, 0.4) is 0 Å². The van der Waals surface area contributed by atoms with E-state index >= 15 is 0 Å². The predicted molar refractivity (Wildman–Crippen MR) is 162 cm³/mol. The summed E-state index contributed by atoms with van der Waals surface area (Å²) in [5.74, 6) is -0.260. The van der Waals surface area contributed by atoms with Crippen LogP contribution in [0.25, 0.3) is 0 Å². The molecule has 4 rings (SSSR count). The van der Waals surface area contributed by atoms with Gasteiger partial charge in [-0.3, -0.25) is 14.4 Å². The van der Waals surface area contributed by atoms with E-state index in [1.807, 2.05) is 59.5 Å². The highest BCUT2D eigenvalue weighted by atomic mass is 32.2. The van der Waals surface area contributed by atoms with Crippen molar-refractivity contribution in [2.45, 2.75) is 50.1 Å². The number of carbonyl (C=O) groups excluding carboxylic acids is 3. The van der Waals surface area contributed by atoms with E-state index in [9.17, 15) is 14.4 Å². The molecule has 1 unspecified atom stereocenters. The van der Waals surface area contributed by atoms with Gasteiger partial charge in [0.1, 0.15) is 17.0 Å². The van der Waals surface area contributed by atoms with Crippen molar-refractivity contribution in [2.24, 2.45) is 5.73 Å². The second-order valence-electron chi connectivity index (χ2n) is 10.7. The van der Waals surface area contributed by atoms with Crippen molar-refractivity contribution in [1.82, 2.24) is 19.4 Å². The Labute approximate surface area is 250 Å². The molecule has 42 heavy (non-hydrogen) atoms. The summed E-state index contributed by atoms with van der Waals surface area (Å²) < 4.78 is 12.6. The summed E-state index contributed by atoms with van der Waals surface area (Å²) in [5.41, 5.74) is 6.93. The molecule has 1 fully saturated rings. The van der Waals surface area contributed by atoms with Gasteiger partial charge in [-0.2, -0.15) is 5.10 Å². The molecule has 0 bridgehead atoms. The summed E-state index contributed by atoms with van der Waals surface area (Å²) in [6, 6.07) is 15.9. The van der Waals surface area contributed by atoms with Crippen LogP contribution in [0.5, 0.6) is 5.75 Å². The second-order valence-corrected chi connectivity index (χ2v) is 11.7. The Morgan fingerprint density at radius 1 is 1.07 bits per heavy atom. The van der Waals surface area contributed by atoms with Crippen molar-refractivity contribution < 1.29 is 23.9 Å². The minimum Gasteiger partial charge on any atom is -0.497 e. The molecule has 1 aliphatic rings. The summed E-state index contributed by atoms with van der Waals surface area (Å²) in [7, 11) is 1.60. The topological polar surface area (TPSA) is 141 Å². The van der Waals surface area contributed by atoms with Crippen LogP contribution in [0.4, 0.5) is 5.69 Å². The lowest BCUT2D eigenvalue weighted by Gasteiger charge is -2.23. The number of hydrogen-bond acceptors (Lipinski definition) is 8. The molecule has 3 amide bonds. The van der Waals surface area contributed by atoms with Gasteiger partial charge < -0.3 is 30.7 Å². The highest BCUT2D eigenvalue weighted by molar-refractivity contribution is 7.98. The van der Waals surface area contributed by atoms with Crippen LogP contribution >= 0.6 is 11.9 Å². The number of hydrogen-bond donors (Lipinski definition) is 3. The van der Waals surface area contributed by atoms with Crippen molar-refractivity contribution in [3.63, 3.8) is 0 Å². The van der Waals surface area contributed by atoms with E-state index in [4.69, 9.17) is 15.2 Å². The van der Waals surface area contributed by atoms with E-state index in [1.165, 1.54) is 18.1 Å². The van der Waals surface area contributed by atoms with Gasteiger partial charge >= 0.3 is 0 Å². The molecular weight excluding hydrogens is 556 g/mol. The lowest BCUT2D eigenvalue weighted by Crippen LogP contribution is -2.56. The molecule has 1 aromatic heterocycles. The molecule has 12 heteroatoms. The van der Waals surface area contributed by atoms with Gasteiger partial charge in [-0.1, -0.05) is 42.5 Å². The zero-order valence-corrected chi connectivity index (χ0v) is 24.9. The van der Waals surface area contributed by atoms with Crippen LogP contribution in [0.2, 0.25) is 0 Å². The minimum atomic E-state index is -1.18.